The molecule has 1 aromatic rings. The van der Waals surface area contributed by atoms with Crippen molar-refractivity contribution in [2.75, 3.05) is 25.1 Å². The van der Waals surface area contributed by atoms with Gasteiger partial charge in [0.05, 0.1) is 12.7 Å². The Labute approximate surface area is 99.3 Å². The molecule has 0 unspecified atom stereocenters. The zero-order valence-electron chi connectivity index (χ0n) is 9.44. The van der Waals surface area contributed by atoms with Gasteiger partial charge < -0.3 is 14.8 Å². The molecule has 0 atom stereocenters. The maximum absolute atomic E-state index is 5.80. The molecule has 0 amide bonds. The Kier molecular flexibility index (Phi) is 4.50. The fraction of sp³-hybridized carbons (Fsp3) is 0.800. The van der Waals surface area contributed by atoms with Crippen LogP contribution < -0.4 is 5.32 Å². The monoisotopic (exact) mass is 243 g/mol. The van der Waals surface area contributed by atoms with Crippen molar-refractivity contribution in [3.05, 3.63) is 5.69 Å². The molecule has 1 aromatic heterocycles. The van der Waals surface area contributed by atoms with Gasteiger partial charge in [0.15, 0.2) is 0 Å². The molecule has 1 fully saturated rings. The summed E-state index contributed by atoms with van der Waals surface area (Å²) in [5.41, 5.74) is 0.915. The second kappa shape index (κ2) is 6.12. The second-order valence-electron chi connectivity index (χ2n) is 3.70. The highest BCUT2D eigenvalue weighted by molar-refractivity contribution is 7.10. The third-order valence-electron chi connectivity index (χ3n) is 2.52. The van der Waals surface area contributed by atoms with Gasteiger partial charge >= 0.3 is 0 Å². The molecule has 0 aliphatic carbocycles. The number of nitrogens with zero attached hydrogens (tertiary/aromatic N) is 2. The van der Waals surface area contributed by atoms with Gasteiger partial charge in [0.1, 0.15) is 10.7 Å². The lowest BCUT2D eigenvalue weighted by atomic mass is 10.1. The van der Waals surface area contributed by atoms with Crippen molar-refractivity contribution in [2.24, 2.45) is 0 Å². The van der Waals surface area contributed by atoms with Crippen LogP contribution in [-0.4, -0.2) is 35.4 Å². The Hall–Kier alpha value is -0.720. The van der Waals surface area contributed by atoms with Crippen molar-refractivity contribution >= 4 is 16.5 Å². The molecule has 0 spiro atoms. The average Bonchev–Trinajstić information content (AvgIpc) is 2.76. The molecule has 1 aliphatic rings. The van der Waals surface area contributed by atoms with Crippen molar-refractivity contribution in [3.8, 4) is 0 Å². The van der Waals surface area contributed by atoms with E-state index in [4.69, 9.17) is 9.47 Å². The number of rotatable bonds is 5. The first-order valence-electron chi connectivity index (χ1n) is 5.64. The summed E-state index contributed by atoms with van der Waals surface area (Å²) in [4.78, 5) is 0. The van der Waals surface area contributed by atoms with E-state index in [-0.39, 0.29) is 0 Å². The SMILES string of the molecule is CCNc1snnc1COC1CCOCC1. The third kappa shape index (κ3) is 3.13. The van der Waals surface area contributed by atoms with Gasteiger partial charge in [-0.2, -0.15) is 0 Å². The first kappa shape index (κ1) is 11.8. The van der Waals surface area contributed by atoms with Crippen molar-refractivity contribution in [1.29, 1.82) is 0 Å². The maximum atomic E-state index is 5.80. The van der Waals surface area contributed by atoms with Crippen LogP contribution in [0.2, 0.25) is 0 Å². The number of nitrogens with one attached hydrogen (secondary N) is 1. The van der Waals surface area contributed by atoms with Crippen LogP contribution >= 0.6 is 11.5 Å². The van der Waals surface area contributed by atoms with E-state index in [1.807, 2.05) is 0 Å². The lowest BCUT2D eigenvalue weighted by Crippen LogP contribution is -2.23. The number of aromatic nitrogens is 2. The largest absolute Gasteiger partial charge is 0.381 e. The van der Waals surface area contributed by atoms with Crippen molar-refractivity contribution in [1.82, 2.24) is 9.59 Å². The summed E-state index contributed by atoms with van der Waals surface area (Å²) in [7, 11) is 0. The molecule has 90 valence electrons. The van der Waals surface area contributed by atoms with Gasteiger partial charge in [-0.25, -0.2) is 0 Å². The molecular formula is C10H17N3O2S. The quantitative estimate of drug-likeness (QED) is 0.852. The fourth-order valence-corrected chi connectivity index (χ4v) is 2.27. The molecular weight excluding hydrogens is 226 g/mol. The van der Waals surface area contributed by atoms with E-state index < -0.39 is 0 Å². The molecule has 6 heteroatoms. The summed E-state index contributed by atoms with van der Waals surface area (Å²) in [5, 5.41) is 8.32. The van der Waals surface area contributed by atoms with E-state index in [2.05, 4.69) is 21.8 Å². The minimum Gasteiger partial charge on any atom is -0.381 e. The van der Waals surface area contributed by atoms with Gasteiger partial charge in [0.2, 0.25) is 0 Å². The van der Waals surface area contributed by atoms with Gasteiger partial charge in [-0.1, -0.05) is 4.49 Å². The maximum Gasteiger partial charge on any atom is 0.135 e. The summed E-state index contributed by atoms with van der Waals surface area (Å²) in [6, 6.07) is 0. The van der Waals surface area contributed by atoms with Crippen molar-refractivity contribution < 1.29 is 9.47 Å². The molecule has 1 saturated heterocycles. The highest BCUT2D eigenvalue weighted by Crippen LogP contribution is 2.20. The van der Waals surface area contributed by atoms with Crippen molar-refractivity contribution in [2.45, 2.75) is 32.5 Å². The normalized spacial score (nSPS) is 17.6. The summed E-state index contributed by atoms with van der Waals surface area (Å²) in [6.07, 6.45) is 2.27. The predicted molar refractivity (Wildman–Crippen MR) is 62.7 cm³/mol. The molecule has 0 saturated carbocycles. The molecule has 0 aromatic carbocycles. The minimum absolute atomic E-state index is 0.310. The lowest BCUT2D eigenvalue weighted by Gasteiger charge is -2.22. The van der Waals surface area contributed by atoms with E-state index in [1.165, 1.54) is 11.5 Å². The predicted octanol–water partition coefficient (Wildman–Crippen LogP) is 1.67. The van der Waals surface area contributed by atoms with Crippen LogP contribution in [0.5, 0.6) is 0 Å². The Morgan fingerprint density at radius 1 is 1.50 bits per heavy atom. The zero-order chi connectivity index (χ0) is 11.2. The Balaban J connectivity index is 1.81. The number of anilines is 1. The Morgan fingerprint density at radius 3 is 3.06 bits per heavy atom. The molecule has 0 bridgehead atoms. The van der Waals surface area contributed by atoms with E-state index in [0.29, 0.717) is 12.7 Å². The van der Waals surface area contributed by atoms with Gasteiger partial charge in [-0.05, 0) is 19.8 Å². The molecule has 16 heavy (non-hydrogen) atoms. The van der Waals surface area contributed by atoms with E-state index >= 15 is 0 Å². The minimum atomic E-state index is 0.310. The highest BCUT2D eigenvalue weighted by Gasteiger charge is 2.16. The average molecular weight is 243 g/mol. The lowest BCUT2D eigenvalue weighted by molar-refractivity contribution is -0.0398. The van der Waals surface area contributed by atoms with Crippen LogP contribution in [-0.2, 0) is 16.1 Å². The summed E-state index contributed by atoms with van der Waals surface area (Å²) >= 11 is 1.38. The van der Waals surface area contributed by atoms with Gasteiger partial charge in [-0.3, -0.25) is 0 Å². The molecule has 2 heterocycles. The van der Waals surface area contributed by atoms with E-state index in [0.717, 1.165) is 43.3 Å². The van der Waals surface area contributed by atoms with Crippen LogP contribution in [0.4, 0.5) is 5.00 Å². The van der Waals surface area contributed by atoms with Crippen LogP contribution in [0.15, 0.2) is 0 Å². The molecule has 1 N–H and O–H groups in total. The van der Waals surface area contributed by atoms with Crippen LogP contribution in [0.1, 0.15) is 25.5 Å². The number of hydrogen-bond acceptors (Lipinski definition) is 6. The van der Waals surface area contributed by atoms with E-state index in [9.17, 15) is 0 Å². The van der Waals surface area contributed by atoms with Gasteiger partial charge in [0.25, 0.3) is 0 Å². The highest BCUT2D eigenvalue weighted by atomic mass is 32.1. The van der Waals surface area contributed by atoms with Crippen LogP contribution in [0, 0.1) is 0 Å². The Morgan fingerprint density at radius 2 is 2.31 bits per heavy atom. The molecule has 1 aliphatic heterocycles. The number of hydrogen-bond donors (Lipinski definition) is 1. The van der Waals surface area contributed by atoms with Crippen LogP contribution in [0.25, 0.3) is 0 Å². The first-order chi connectivity index (χ1) is 7.90. The fourth-order valence-electron chi connectivity index (χ4n) is 1.64. The third-order valence-corrected chi connectivity index (χ3v) is 3.24. The zero-order valence-corrected chi connectivity index (χ0v) is 10.3. The van der Waals surface area contributed by atoms with Gasteiger partial charge in [-0.15, -0.1) is 5.10 Å². The van der Waals surface area contributed by atoms with Crippen LogP contribution in [0.3, 0.4) is 0 Å². The molecule has 2 rings (SSSR count). The Bertz CT molecular complexity index is 313. The molecule has 5 nitrogen and oxygen atoms in total. The van der Waals surface area contributed by atoms with Gasteiger partial charge in [0, 0.05) is 31.3 Å². The van der Waals surface area contributed by atoms with E-state index in [1.54, 1.807) is 0 Å². The molecule has 0 radical (unpaired) electrons. The van der Waals surface area contributed by atoms with Crippen molar-refractivity contribution in [3.63, 3.8) is 0 Å². The standard InChI is InChI=1S/C10H17N3O2S/c1-2-11-10-9(12-13-16-10)7-15-8-3-5-14-6-4-8/h8,11H,2-7H2,1H3. The summed E-state index contributed by atoms with van der Waals surface area (Å²) in [6.45, 7) is 5.10. The second-order valence-corrected chi connectivity index (χ2v) is 4.46. The number of ether oxygens (including phenoxy) is 2. The topological polar surface area (TPSA) is 56.3 Å². The summed E-state index contributed by atoms with van der Waals surface area (Å²) < 4.78 is 15.0. The summed E-state index contributed by atoms with van der Waals surface area (Å²) in [5.74, 6) is 0. The first-order valence-corrected chi connectivity index (χ1v) is 6.42. The smallest absolute Gasteiger partial charge is 0.135 e.